The third kappa shape index (κ3) is 3.92. The van der Waals surface area contributed by atoms with Gasteiger partial charge in [0.2, 0.25) is 5.91 Å². The molecule has 0 fully saturated rings. The van der Waals surface area contributed by atoms with Crippen molar-refractivity contribution in [2.24, 2.45) is 5.41 Å². The smallest absolute Gasteiger partial charge is 0.226 e. The lowest BCUT2D eigenvalue weighted by atomic mass is 9.85. The van der Waals surface area contributed by atoms with Gasteiger partial charge < -0.3 is 5.32 Å². The van der Waals surface area contributed by atoms with Gasteiger partial charge in [0.05, 0.1) is 0 Å². The largest absolute Gasteiger partial charge is 0.352 e. The van der Waals surface area contributed by atoms with Gasteiger partial charge in [-0.2, -0.15) is 0 Å². The van der Waals surface area contributed by atoms with E-state index in [1.807, 2.05) is 44.2 Å². The van der Waals surface area contributed by atoms with Crippen molar-refractivity contribution >= 4 is 5.91 Å². The minimum Gasteiger partial charge on any atom is -0.352 e. The summed E-state index contributed by atoms with van der Waals surface area (Å²) in [5.41, 5.74) is 1.81. The molecule has 1 aromatic heterocycles. The Hall–Kier alpha value is -2.16. The maximum atomic E-state index is 12.3. The molecule has 3 nitrogen and oxygen atoms in total. The number of pyridine rings is 1. The molecule has 3 heteroatoms. The molecule has 20 heavy (non-hydrogen) atoms. The zero-order chi connectivity index (χ0) is 14.4. The van der Waals surface area contributed by atoms with Crippen LogP contribution in [0.1, 0.15) is 25.0 Å². The van der Waals surface area contributed by atoms with Crippen LogP contribution in [0.4, 0.5) is 0 Å². The standard InChI is InChI=1S/C17H20N2O/c1-17(2,12-14-6-4-3-5-7-14)16(20)19-13-15-8-10-18-11-9-15/h3-11H,12-13H2,1-2H3,(H,19,20). The Kier molecular flexibility index (Phi) is 4.51. The van der Waals surface area contributed by atoms with Crippen LogP contribution < -0.4 is 5.32 Å². The lowest BCUT2D eigenvalue weighted by Gasteiger charge is -2.23. The molecule has 2 rings (SSSR count). The molecule has 0 unspecified atom stereocenters. The minimum absolute atomic E-state index is 0.0677. The van der Waals surface area contributed by atoms with Crippen LogP contribution in [0.5, 0.6) is 0 Å². The van der Waals surface area contributed by atoms with Gasteiger partial charge in [-0.15, -0.1) is 0 Å². The van der Waals surface area contributed by atoms with Crippen molar-refractivity contribution in [2.45, 2.75) is 26.8 Å². The Morgan fingerprint density at radius 3 is 2.35 bits per heavy atom. The molecular weight excluding hydrogens is 248 g/mol. The van der Waals surface area contributed by atoms with Crippen LogP contribution in [-0.2, 0) is 17.8 Å². The molecule has 0 aliphatic heterocycles. The van der Waals surface area contributed by atoms with Crippen molar-refractivity contribution in [1.82, 2.24) is 10.3 Å². The molecule has 0 saturated heterocycles. The third-order valence-corrected chi connectivity index (χ3v) is 3.31. The van der Waals surface area contributed by atoms with E-state index in [-0.39, 0.29) is 5.91 Å². The van der Waals surface area contributed by atoms with E-state index in [9.17, 15) is 4.79 Å². The van der Waals surface area contributed by atoms with Crippen LogP contribution in [0, 0.1) is 5.41 Å². The summed E-state index contributed by atoms with van der Waals surface area (Å²) in [5, 5.41) is 2.99. The van der Waals surface area contributed by atoms with Gasteiger partial charge in [0.15, 0.2) is 0 Å². The summed E-state index contributed by atoms with van der Waals surface area (Å²) >= 11 is 0. The maximum absolute atomic E-state index is 12.3. The number of rotatable bonds is 5. The highest BCUT2D eigenvalue weighted by Gasteiger charge is 2.27. The highest BCUT2D eigenvalue weighted by Crippen LogP contribution is 2.22. The van der Waals surface area contributed by atoms with Crippen LogP contribution >= 0.6 is 0 Å². The van der Waals surface area contributed by atoms with Crippen LogP contribution in [0.3, 0.4) is 0 Å². The molecule has 104 valence electrons. The number of nitrogens with zero attached hydrogens (tertiary/aromatic N) is 1. The highest BCUT2D eigenvalue weighted by molar-refractivity contribution is 5.82. The molecule has 1 N–H and O–H groups in total. The van der Waals surface area contributed by atoms with Gasteiger partial charge in [0, 0.05) is 24.4 Å². The molecule has 0 saturated carbocycles. The van der Waals surface area contributed by atoms with E-state index in [2.05, 4.69) is 22.4 Å². The van der Waals surface area contributed by atoms with Gasteiger partial charge in [0.25, 0.3) is 0 Å². The maximum Gasteiger partial charge on any atom is 0.226 e. The fourth-order valence-electron chi connectivity index (χ4n) is 2.11. The Balaban J connectivity index is 1.93. The second kappa shape index (κ2) is 6.33. The van der Waals surface area contributed by atoms with Crippen LogP contribution in [0.15, 0.2) is 54.9 Å². The number of nitrogens with one attached hydrogen (secondary N) is 1. The molecule has 1 heterocycles. The molecule has 1 amide bonds. The van der Waals surface area contributed by atoms with Gasteiger partial charge in [0.1, 0.15) is 0 Å². The average molecular weight is 268 g/mol. The average Bonchev–Trinajstić information content (AvgIpc) is 2.46. The van der Waals surface area contributed by atoms with E-state index >= 15 is 0 Å². The molecule has 0 aliphatic carbocycles. The molecule has 0 atom stereocenters. The first-order valence-corrected chi connectivity index (χ1v) is 6.79. The normalized spacial score (nSPS) is 11.1. The van der Waals surface area contributed by atoms with Gasteiger partial charge in [-0.3, -0.25) is 9.78 Å². The molecular formula is C17H20N2O. The fraction of sp³-hybridized carbons (Fsp3) is 0.294. The Morgan fingerprint density at radius 1 is 1.05 bits per heavy atom. The Labute approximate surface area is 120 Å². The number of carbonyl (C=O) groups is 1. The van der Waals surface area contributed by atoms with E-state index in [4.69, 9.17) is 0 Å². The summed E-state index contributed by atoms with van der Waals surface area (Å²) in [7, 11) is 0. The summed E-state index contributed by atoms with van der Waals surface area (Å²) in [6.07, 6.45) is 4.20. The van der Waals surface area contributed by atoms with E-state index in [1.54, 1.807) is 12.4 Å². The van der Waals surface area contributed by atoms with Crippen molar-refractivity contribution in [2.75, 3.05) is 0 Å². The predicted molar refractivity (Wildman–Crippen MR) is 80.0 cm³/mol. The van der Waals surface area contributed by atoms with Crippen molar-refractivity contribution in [3.63, 3.8) is 0 Å². The first kappa shape index (κ1) is 14.3. The van der Waals surface area contributed by atoms with Crippen LogP contribution in [-0.4, -0.2) is 10.9 Å². The van der Waals surface area contributed by atoms with E-state index < -0.39 is 5.41 Å². The van der Waals surface area contributed by atoms with Crippen LogP contribution in [0.25, 0.3) is 0 Å². The number of amides is 1. The third-order valence-electron chi connectivity index (χ3n) is 3.31. The number of carbonyl (C=O) groups excluding carboxylic acids is 1. The summed E-state index contributed by atoms with van der Waals surface area (Å²) in [4.78, 5) is 16.3. The Morgan fingerprint density at radius 2 is 1.70 bits per heavy atom. The van der Waals surface area contributed by atoms with Gasteiger partial charge in [-0.1, -0.05) is 44.2 Å². The molecule has 2 aromatic rings. The monoisotopic (exact) mass is 268 g/mol. The van der Waals surface area contributed by atoms with Crippen molar-refractivity contribution in [3.05, 3.63) is 66.0 Å². The summed E-state index contributed by atoms with van der Waals surface area (Å²) in [6.45, 7) is 4.49. The quantitative estimate of drug-likeness (QED) is 0.906. The molecule has 0 bridgehead atoms. The molecule has 0 spiro atoms. The first-order chi connectivity index (χ1) is 9.58. The summed E-state index contributed by atoms with van der Waals surface area (Å²) in [5.74, 6) is 0.0677. The van der Waals surface area contributed by atoms with E-state index in [0.29, 0.717) is 6.54 Å². The lowest BCUT2D eigenvalue weighted by molar-refractivity contribution is -0.129. The van der Waals surface area contributed by atoms with Crippen LogP contribution in [0.2, 0.25) is 0 Å². The first-order valence-electron chi connectivity index (χ1n) is 6.79. The minimum atomic E-state index is -0.422. The van der Waals surface area contributed by atoms with Gasteiger partial charge >= 0.3 is 0 Å². The topological polar surface area (TPSA) is 42.0 Å². The van der Waals surface area contributed by atoms with Crippen molar-refractivity contribution in [3.8, 4) is 0 Å². The van der Waals surface area contributed by atoms with Gasteiger partial charge in [-0.25, -0.2) is 0 Å². The van der Waals surface area contributed by atoms with Gasteiger partial charge in [-0.05, 0) is 29.7 Å². The lowest BCUT2D eigenvalue weighted by Crippen LogP contribution is -2.38. The summed E-state index contributed by atoms with van der Waals surface area (Å²) < 4.78 is 0. The zero-order valence-electron chi connectivity index (χ0n) is 12.0. The van der Waals surface area contributed by atoms with E-state index in [0.717, 1.165) is 12.0 Å². The Bertz CT molecular complexity index is 550. The van der Waals surface area contributed by atoms with Crippen molar-refractivity contribution < 1.29 is 4.79 Å². The second-order valence-electron chi connectivity index (χ2n) is 5.58. The SMILES string of the molecule is CC(C)(Cc1ccccc1)C(=O)NCc1ccncc1. The number of benzene rings is 1. The number of hydrogen-bond donors (Lipinski definition) is 1. The predicted octanol–water partition coefficient (Wildman–Crippen LogP) is 2.97. The number of aromatic nitrogens is 1. The number of hydrogen-bond acceptors (Lipinski definition) is 2. The van der Waals surface area contributed by atoms with Crippen molar-refractivity contribution in [1.29, 1.82) is 0 Å². The fourth-order valence-corrected chi connectivity index (χ4v) is 2.11. The zero-order valence-corrected chi connectivity index (χ0v) is 12.0. The van der Waals surface area contributed by atoms with E-state index in [1.165, 1.54) is 5.56 Å². The molecule has 1 aromatic carbocycles. The second-order valence-corrected chi connectivity index (χ2v) is 5.58. The highest BCUT2D eigenvalue weighted by atomic mass is 16.2. The summed E-state index contributed by atoms with van der Waals surface area (Å²) in [6, 6.07) is 13.9. The molecule has 0 radical (unpaired) electrons. The molecule has 0 aliphatic rings.